The van der Waals surface area contributed by atoms with Gasteiger partial charge in [-0.05, 0) is 55.0 Å². The van der Waals surface area contributed by atoms with Crippen LogP contribution in [-0.4, -0.2) is 17.4 Å². The number of aryl methyl sites for hydroxylation is 3. The topological polar surface area (TPSA) is 50.5 Å². The molecule has 0 radical (unpaired) electrons. The molecular weight excluding hydrogens is 374 g/mol. The molecule has 4 rings (SSSR count). The summed E-state index contributed by atoms with van der Waals surface area (Å²) in [4.78, 5) is 28.8. The van der Waals surface area contributed by atoms with Crippen LogP contribution in [0.15, 0.2) is 45.6 Å². The number of hydrogen-bond acceptors (Lipinski definition) is 3. The molecule has 1 atom stereocenters. The lowest BCUT2D eigenvalue weighted by molar-refractivity contribution is 0.0724. The van der Waals surface area contributed by atoms with E-state index in [4.69, 9.17) is 4.42 Å². The molecule has 0 saturated heterocycles. The fourth-order valence-corrected chi connectivity index (χ4v) is 4.56. The van der Waals surface area contributed by atoms with Gasteiger partial charge in [-0.25, -0.2) is 0 Å². The molecule has 3 aromatic rings. The molecule has 1 amide bonds. The van der Waals surface area contributed by atoms with Crippen molar-refractivity contribution < 1.29 is 9.21 Å². The third-order valence-electron chi connectivity index (χ3n) is 6.12. The van der Waals surface area contributed by atoms with E-state index < -0.39 is 6.04 Å². The minimum atomic E-state index is -0.392. The van der Waals surface area contributed by atoms with Crippen molar-refractivity contribution in [3.05, 3.63) is 80.2 Å². The summed E-state index contributed by atoms with van der Waals surface area (Å²) in [5.74, 6) is 0.0300. The Bertz CT molecular complexity index is 1160. The number of unbranched alkanes of at least 4 members (excludes halogenated alkanes) is 2. The first-order valence-corrected chi connectivity index (χ1v) is 10.9. The van der Waals surface area contributed by atoms with Gasteiger partial charge in [0.15, 0.2) is 5.43 Å². The van der Waals surface area contributed by atoms with E-state index in [-0.39, 0.29) is 17.1 Å². The van der Waals surface area contributed by atoms with Gasteiger partial charge in [-0.15, -0.1) is 0 Å². The van der Waals surface area contributed by atoms with Crippen molar-refractivity contribution in [2.24, 2.45) is 0 Å². The molecule has 1 unspecified atom stereocenters. The number of benzene rings is 2. The number of amides is 1. The molecule has 1 aromatic heterocycles. The van der Waals surface area contributed by atoms with Crippen molar-refractivity contribution in [3.8, 4) is 0 Å². The van der Waals surface area contributed by atoms with Crippen LogP contribution in [0.4, 0.5) is 0 Å². The van der Waals surface area contributed by atoms with E-state index >= 15 is 0 Å². The summed E-state index contributed by atoms with van der Waals surface area (Å²) >= 11 is 0. The number of fused-ring (bicyclic) bond motifs is 2. The summed E-state index contributed by atoms with van der Waals surface area (Å²) in [5, 5.41) is 0.581. The molecule has 0 bridgehead atoms. The monoisotopic (exact) mass is 403 g/mol. The lowest BCUT2D eigenvalue weighted by Crippen LogP contribution is -2.30. The second-order valence-electron chi connectivity index (χ2n) is 8.33. The molecule has 0 spiro atoms. The van der Waals surface area contributed by atoms with Crippen LogP contribution in [0.5, 0.6) is 0 Å². The zero-order chi connectivity index (χ0) is 21.4. The zero-order valence-electron chi connectivity index (χ0n) is 18.2. The second kappa shape index (κ2) is 8.10. The van der Waals surface area contributed by atoms with Crippen LogP contribution in [0.3, 0.4) is 0 Å². The average molecular weight is 404 g/mol. The van der Waals surface area contributed by atoms with Gasteiger partial charge in [0.25, 0.3) is 5.91 Å². The minimum Gasteiger partial charge on any atom is -0.450 e. The van der Waals surface area contributed by atoms with Gasteiger partial charge in [-0.1, -0.05) is 57.0 Å². The van der Waals surface area contributed by atoms with Crippen molar-refractivity contribution in [1.29, 1.82) is 0 Å². The smallest absolute Gasteiger partial charge is 0.290 e. The molecular formula is C26H29NO3. The zero-order valence-corrected chi connectivity index (χ0v) is 18.2. The van der Waals surface area contributed by atoms with Crippen molar-refractivity contribution in [2.75, 3.05) is 6.54 Å². The van der Waals surface area contributed by atoms with Gasteiger partial charge >= 0.3 is 0 Å². The molecule has 2 heterocycles. The van der Waals surface area contributed by atoms with Crippen LogP contribution in [-0.2, 0) is 6.42 Å². The van der Waals surface area contributed by atoms with Crippen LogP contribution in [0.1, 0.15) is 77.5 Å². The Morgan fingerprint density at radius 1 is 1.00 bits per heavy atom. The number of hydrogen-bond donors (Lipinski definition) is 0. The second-order valence-corrected chi connectivity index (χ2v) is 8.33. The molecule has 4 heteroatoms. The van der Waals surface area contributed by atoms with Gasteiger partial charge in [0, 0.05) is 6.54 Å². The summed E-state index contributed by atoms with van der Waals surface area (Å²) in [6.07, 6.45) is 3.98. The molecule has 0 saturated carbocycles. The van der Waals surface area contributed by atoms with Gasteiger partial charge in [0.2, 0.25) is 5.76 Å². The highest BCUT2D eigenvalue weighted by Crippen LogP contribution is 2.39. The fraction of sp³-hybridized carbons (Fsp3) is 0.385. The number of rotatable bonds is 6. The predicted molar refractivity (Wildman–Crippen MR) is 120 cm³/mol. The molecule has 4 nitrogen and oxygen atoms in total. The van der Waals surface area contributed by atoms with E-state index in [0.29, 0.717) is 23.1 Å². The van der Waals surface area contributed by atoms with E-state index in [2.05, 4.69) is 26.0 Å². The van der Waals surface area contributed by atoms with E-state index in [1.165, 1.54) is 5.56 Å². The van der Waals surface area contributed by atoms with Crippen molar-refractivity contribution in [3.63, 3.8) is 0 Å². The highest BCUT2D eigenvalue weighted by atomic mass is 16.3. The van der Waals surface area contributed by atoms with Crippen LogP contribution < -0.4 is 5.43 Å². The Morgan fingerprint density at radius 3 is 2.40 bits per heavy atom. The van der Waals surface area contributed by atoms with E-state index in [1.807, 2.05) is 43.0 Å². The predicted octanol–water partition coefficient (Wildman–Crippen LogP) is 5.71. The van der Waals surface area contributed by atoms with Crippen molar-refractivity contribution in [1.82, 2.24) is 4.90 Å². The van der Waals surface area contributed by atoms with Crippen LogP contribution in [0, 0.1) is 13.8 Å². The normalized spacial score (nSPS) is 15.8. The number of nitrogens with zero attached hydrogens (tertiary/aromatic N) is 1. The van der Waals surface area contributed by atoms with Gasteiger partial charge < -0.3 is 9.32 Å². The summed E-state index contributed by atoms with van der Waals surface area (Å²) in [6.45, 7) is 8.78. The molecule has 1 aliphatic heterocycles. The van der Waals surface area contributed by atoms with Crippen molar-refractivity contribution >= 4 is 16.9 Å². The Kier molecular flexibility index (Phi) is 5.50. The minimum absolute atomic E-state index is 0.0836. The third kappa shape index (κ3) is 3.34. The number of carbonyl (C=O) groups excluding carboxylic acids is 1. The molecule has 30 heavy (non-hydrogen) atoms. The molecule has 0 fully saturated rings. The first-order chi connectivity index (χ1) is 14.5. The fourth-order valence-electron chi connectivity index (χ4n) is 4.56. The van der Waals surface area contributed by atoms with E-state index in [1.54, 1.807) is 0 Å². The lowest BCUT2D eigenvalue weighted by atomic mass is 9.96. The van der Waals surface area contributed by atoms with Crippen molar-refractivity contribution in [2.45, 2.75) is 59.4 Å². The Morgan fingerprint density at radius 2 is 1.73 bits per heavy atom. The summed E-state index contributed by atoms with van der Waals surface area (Å²) < 4.78 is 6.10. The van der Waals surface area contributed by atoms with Crippen LogP contribution >= 0.6 is 0 Å². The van der Waals surface area contributed by atoms with E-state index in [9.17, 15) is 9.59 Å². The molecule has 156 valence electrons. The molecule has 2 aromatic carbocycles. The van der Waals surface area contributed by atoms with Crippen LogP contribution in [0.25, 0.3) is 11.0 Å². The summed E-state index contributed by atoms with van der Waals surface area (Å²) in [5.41, 5.74) is 5.00. The highest BCUT2D eigenvalue weighted by molar-refractivity contribution is 5.99. The summed E-state index contributed by atoms with van der Waals surface area (Å²) in [7, 11) is 0. The molecule has 1 aliphatic rings. The largest absolute Gasteiger partial charge is 0.450 e. The Hall–Kier alpha value is -2.88. The molecule has 0 N–H and O–H groups in total. The first kappa shape index (κ1) is 20.4. The third-order valence-corrected chi connectivity index (χ3v) is 6.12. The van der Waals surface area contributed by atoms with Gasteiger partial charge in [0.1, 0.15) is 5.58 Å². The average Bonchev–Trinajstić information content (AvgIpc) is 3.00. The quantitative estimate of drug-likeness (QED) is 0.496. The van der Waals surface area contributed by atoms with E-state index in [0.717, 1.165) is 42.4 Å². The summed E-state index contributed by atoms with van der Waals surface area (Å²) in [6, 6.07) is 11.7. The highest BCUT2D eigenvalue weighted by Gasteiger charge is 2.42. The maximum Gasteiger partial charge on any atom is 0.290 e. The Labute approximate surface area is 177 Å². The number of carbonyl (C=O) groups is 1. The lowest BCUT2D eigenvalue weighted by Gasteiger charge is -2.25. The van der Waals surface area contributed by atoms with Gasteiger partial charge in [-0.2, -0.15) is 0 Å². The Balaban J connectivity index is 1.93. The van der Waals surface area contributed by atoms with Crippen LogP contribution in [0.2, 0.25) is 0 Å². The first-order valence-electron chi connectivity index (χ1n) is 10.9. The van der Waals surface area contributed by atoms with Gasteiger partial charge in [0.05, 0.1) is 17.0 Å². The maximum atomic E-state index is 13.6. The molecule has 0 aliphatic carbocycles. The van der Waals surface area contributed by atoms with Gasteiger partial charge in [-0.3, -0.25) is 9.59 Å². The standard InChI is InChI=1S/C26H29NO3/c1-5-7-8-13-27-23(19-11-9-18(6-2)10-12-19)22-24(28)21-17(4)14-16(3)15-20(21)30-25(22)26(27)29/h9-12,14-15,23H,5-8,13H2,1-4H3. The maximum absolute atomic E-state index is 13.6. The SMILES string of the molecule is CCCCCN1C(=O)c2oc3cc(C)cc(C)c3c(=O)c2C1c1ccc(CC)cc1.